The van der Waals surface area contributed by atoms with Crippen molar-refractivity contribution in [1.82, 2.24) is 20.0 Å². The maximum Gasteiger partial charge on any atom is 0.290 e. The van der Waals surface area contributed by atoms with Crippen molar-refractivity contribution in [2.45, 2.75) is 50.2 Å². The molecule has 164 valence electrons. The standard InChI is InChI=1S/C22H26N4O2.CH2O2/c1-25-17(9-10-24-25)13-23-21(27)20-15-7-8-16(11-15)26(20)22(28)19-12-18(19)14-5-3-2-4-6-14;2-1-3/h2-6,9-10,15-16,18-20H,7-8,11-13H2,1H3,(H,23,27);1H,(H,2,3). The van der Waals surface area contributed by atoms with Crippen molar-refractivity contribution in [3.05, 3.63) is 53.9 Å². The highest BCUT2D eigenvalue weighted by Gasteiger charge is 2.55. The van der Waals surface area contributed by atoms with E-state index in [1.165, 1.54) is 5.56 Å². The van der Waals surface area contributed by atoms with Gasteiger partial charge in [-0.2, -0.15) is 5.10 Å². The second kappa shape index (κ2) is 8.91. The van der Waals surface area contributed by atoms with Gasteiger partial charge in [0.05, 0.1) is 12.2 Å². The van der Waals surface area contributed by atoms with Gasteiger partial charge in [-0.05, 0) is 49.1 Å². The van der Waals surface area contributed by atoms with Crippen LogP contribution in [0.5, 0.6) is 0 Å². The van der Waals surface area contributed by atoms with E-state index in [2.05, 4.69) is 22.5 Å². The van der Waals surface area contributed by atoms with E-state index in [4.69, 9.17) is 9.90 Å². The number of hydrogen-bond acceptors (Lipinski definition) is 4. The molecule has 2 amide bonds. The summed E-state index contributed by atoms with van der Waals surface area (Å²) in [6, 6.07) is 12.1. The number of piperidine rings is 1. The molecule has 2 saturated carbocycles. The molecule has 1 saturated heterocycles. The van der Waals surface area contributed by atoms with E-state index in [9.17, 15) is 9.59 Å². The number of hydrogen-bond donors (Lipinski definition) is 2. The van der Waals surface area contributed by atoms with E-state index in [0.29, 0.717) is 18.4 Å². The third-order valence-electron chi connectivity index (χ3n) is 6.81. The van der Waals surface area contributed by atoms with E-state index in [-0.39, 0.29) is 36.3 Å². The van der Waals surface area contributed by atoms with Crippen LogP contribution < -0.4 is 5.32 Å². The summed E-state index contributed by atoms with van der Waals surface area (Å²) < 4.78 is 1.76. The molecular weight excluding hydrogens is 396 g/mol. The van der Waals surface area contributed by atoms with Crippen molar-refractivity contribution < 1.29 is 19.5 Å². The van der Waals surface area contributed by atoms with Gasteiger partial charge in [0.1, 0.15) is 6.04 Å². The van der Waals surface area contributed by atoms with Crippen LogP contribution in [-0.2, 0) is 28.0 Å². The van der Waals surface area contributed by atoms with E-state index in [1.807, 2.05) is 36.2 Å². The van der Waals surface area contributed by atoms with Crippen molar-refractivity contribution in [3.8, 4) is 0 Å². The van der Waals surface area contributed by atoms with Crippen molar-refractivity contribution in [3.63, 3.8) is 0 Å². The largest absolute Gasteiger partial charge is 0.483 e. The first-order chi connectivity index (χ1) is 15.0. The highest BCUT2D eigenvalue weighted by molar-refractivity contribution is 5.91. The number of carbonyl (C=O) groups is 3. The fraction of sp³-hybridized carbons (Fsp3) is 0.478. The van der Waals surface area contributed by atoms with Crippen molar-refractivity contribution in [2.75, 3.05) is 0 Å². The molecule has 1 aliphatic heterocycles. The van der Waals surface area contributed by atoms with Gasteiger partial charge in [0.2, 0.25) is 11.8 Å². The molecule has 3 aliphatic rings. The first-order valence-electron chi connectivity index (χ1n) is 10.7. The molecule has 0 radical (unpaired) electrons. The molecule has 2 bridgehead atoms. The third kappa shape index (κ3) is 4.19. The molecule has 1 aromatic carbocycles. The lowest BCUT2D eigenvalue weighted by molar-refractivity contribution is -0.144. The number of nitrogens with one attached hydrogen (secondary N) is 1. The van der Waals surface area contributed by atoms with Crippen LogP contribution in [0.1, 0.15) is 42.9 Å². The van der Waals surface area contributed by atoms with Crippen LogP contribution in [0.4, 0.5) is 0 Å². The number of nitrogens with zero attached hydrogens (tertiary/aromatic N) is 3. The monoisotopic (exact) mass is 424 g/mol. The minimum absolute atomic E-state index is 0.0151. The zero-order valence-corrected chi connectivity index (χ0v) is 17.6. The average molecular weight is 425 g/mol. The Morgan fingerprint density at radius 3 is 2.61 bits per heavy atom. The number of fused-ring (bicyclic) bond motifs is 2. The molecule has 0 spiro atoms. The molecule has 2 N–H and O–H groups in total. The lowest BCUT2D eigenvalue weighted by Crippen LogP contribution is -2.53. The fourth-order valence-electron chi connectivity index (χ4n) is 5.23. The number of likely N-dealkylation sites (tertiary alicyclic amines) is 1. The Morgan fingerprint density at radius 2 is 1.94 bits per heavy atom. The minimum Gasteiger partial charge on any atom is -0.483 e. The number of amides is 2. The lowest BCUT2D eigenvalue weighted by atomic mass is 9.97. The Labute approximate surface area is 181 Å². The molecule has 5 unspecified atom stereocenters. The molecule has 3 fully saturated rings. The summed E-state index contributed by atoms with van der Waals surface area (Å²) in [5, 5.41) is 14.1. The molecule has 31 heavy (non-hydrogen) atoms. The maximum absolute atomic E-state index is 13.3. The fourth-order valence-corrected chi connectivity index (χ4v) is 5.23. The molecular formula is C23H28N4O4. The van der Waals surface area contributed by atoms with Gasteiger partial charge in [0.15, 0.2) is 0 Å². The first kappa shape index (κ1) is 21.1. The normalized spacial score (nSPS) is 27.9. The van der Waals surface area contributed by atoms with Gasteiger partial charge in [-0.1, -0.05) is 30.3 Å². The van der Waals surface area contributed by atoms with E-state index >= 15 is 0 Å². The van der Waals surface area contributed by atoms with Gasteiger partial charge in [-0.25, -0.2) is 0 Å². The second-order valence-electron chi connectivity index (χ2n) is 8.55. The van der Waals surface area contributed by atoms with Crippen LogP contribution in [0.3, 0.4) is 0 Å². The predicted octanol–water partition coefficient (Wildman–Crippen LogP) is 1.92. The topological polar surface area (TPSA) is 105 Å². The highest BCUT2D eigenvalue weighted by Crippen LogP contribution is 2.51. The van der Waals surface area contributed by atoms with E-state index in [1.54, 1.807) is 10.9 Å². The molecule has 8 heteroatoms. The summed E-state index contributed by atoms with van der Waals surface area (Å²) in [4.78, 5) is 36.6. The zero-order chi connectivity index (χ0) is 22.0. The minimum atomic E-state index is -0.309. The second-order valence-corrected chi connectivity index (χ2v) is 8.55. The summed E-state index contributed by atoms with van der Waals surface area (Å²) in [6.07, 6.45) is 5.68. The predicted molar refractivity (Wildman–Crippen MR) is 113 cm³/mol. The third-order valence-corrected chi connectivity index (χ3v) is 6.81. The first-order valence-corrected chi connectivity index (χ1v) is 10.7. The SMILES string of the molecule is Cn1nccc1CNC(=O)C1C2CCC(C2)N1C(=O)C1CC1c1ccccc1.O=CO. The summed E-state index contributed by atoms with van der Waals surface area (Å²) in [5.74, 6) is 0.815. The molecule has 2 aliphatic carbocycles. The molecule has 1 aromatic heterocycles. The number of aryl methyl sites for hydroxylation is 1. The summed E-state index contributed by atoms with van der Waals surface area (Å²) in [5.41, 5.74) is 2.20. The molecule has 2 heterocycles. The van der Waals surface area contributed by atoms with Gasteiger partial charge in [-0.15, -0.1) is 0 Å². The van der Waals surface area contributed by atoms with Crippen LogP contribution >= 0.6 is 0 Å². The molecule has 2 aromatic rings. The number of carboxylic acid groups (broad SMARTS) is 1. The van der Waals surface area contributed by atoms with Crippen LogP contribution in [0, 0.1) is 11.8 Å². The quantitative estimate of drug-likeness (QED) is 0.714. The Balaban J connectivity index is 0.000000730. The van der Waals surface area contributed by atoms with Crippen molar-refractivity contribution >= 4 is 18.3 Å². The van der Waals surface area contributed by atoms with Crippen molar-refractivity contribution in [2.24, 2.45) is 18.9 Å². The Bertz CT molecular complexity index is 944. The Morgan fingerprint density at radius 1 is 1.19 bits per heavy atom. The van der Waals surface area contributed by atoms with Gasteiger partial charge in [0.25, 0.3) is 6.47 Å². The maximum atomic E-state index is 13.3. The van der Waals surface area contributed by atoms with Crippen LogP contribution in [0.25, 0.3) is 0 Å². The number of rotatable bonds is 5. The number of aromatic nitrogens is 2. The summed E-state index contributed by atoms with van der Waals surface area (Å²) in [6.45, 7) is 0.196. The summed E-state index contributed by atoms with van der Waals surface area (Å²) in [7, 11) is 1.87. The van der Waals surface area contributed by atoms with Gasteiger partial charge >= 0.3 is 0 Å². The van der Waals surface area contributed by atoms with Crippen LogP contribution in [-0.4, -0.2) is 50.2 Å². The summed E-state index contributed by atoms with van der Waals surface area (Å²) >= 11 is 0. The number of benzene rings is 1. The molecule has 8 nitrogen and oxygen atoms in total. The van der Waals surface area contributed by atoms with Crippen LogP contribution in [0.15, 0.2) is 42.6 Å². The zero-order valence-electron chi connectivity index (χ0n) is 17.6. The van der Waals surface area contributed by atoms with E-state index < -0.39 is 0 Å². The van der Waals surface area contributed by atoms with Crippen LogP contribution in [0.2, 0.25) is 0 Å². The number of carbonyl (C=O) groups excluding carboxylic acids is 2. The van der Waals surface area contributed by atoms with E-state index in [0.717, 1.165) is 31.4 Å². The average Bonchev–Trinajstić information content (AvgIpc) is 3.06. The highest BCUT2D eigenvalue weighted by atomic mass is 16.3. The molecule has 5 rings (SSSR count). The Kier molecular flexibility index (Phi) is 6.06. The van der Waals surface area contributed by atoms with Crippen molar-refractivity contribution in [1.29, 1.82) is 0 Å². The van der Waals surface area contributed by atoms with Gasteiger partial charge < -0.3 is 15.3 Å². The smallest absolute Gasteiger partial charge is 0.290 e. The van der Waals surface area contributed by atoms with Gasteiger partial charge in [-0.3, -0.25) is 19.1 Å². The molecule has 5 atom stereocenters. The lowest BCUT2D eigenvalue weighted by Gasteiger charge is -2.34. The van der Waals surface area contributed by atoms with Gasteiger partial charge in [0, 0.05) is 25.2 Å². The Hall–Kier alpha value is -3.16.